The Balaban J connectivity index is 2.36. The van der Waals surface area contributed by atoms with Crippen LogP contribution < -0.4 is 5.73 Å². The summed E-state index contributed by atoms with van der Waals surface area (Å²) in [6, 6.07) is 3.91. The fourth-order valence-corrected chi connectivity index (χ4v) is 2.20. The van der Waals surface area contributed by atoms with Crippen LogP contribution in [-0.2, 0) is 6.42 Å². The van der Waals surface area contributed by atoms with Crippen LogP contribution in [-0.4, -0.2) is 0 Å². The van der Waals surface area contributed by atoms with Crippen molar-refractivity contribution in [3.05, 3.63) is 69.8 Å². The Morgan fingerprint density at radius 1 is 1.00 bits per heavy atom. The first-order valence-electron chi connectivity index (χ1n) is 5.73. The van der Waals surface area contributed by atoms with Crippen LogP contribution in [0.1, 0.15) is 17.2 Å². The summed E-state index contributed by atoms with van der Waals surface area (Å²) in [5.74, 6) is -3.87. The highest BCUT2D eigenvalue weighted by atomic mass is 35.5. The van der Waals surface area contributed by atoms with Gasteiger partial charge in [-0.2, -0.15) is 0 Å². The zero-order valence-electron chi connectivity index (χ0n) is 10.1. The maximum absolute atomic E-state index is 13.6. The van der Waals surface area contributed by atoms with Gasteiger partial charge in [0.15, 0.2) is 0 Å². The predicted octanol–water partition coefficient (Wildman–Crippen LogP) is 4.14. The van der Waals surface area contributed by atoms with Gasteiger partial charge in [0, 0.05) is 34.3 Å². The first-order chi connectivity index (χ1) is 9.40. The lowest BCUT2D eigenvalue weighted by Crippen LogP contribution is -2.18. The molecule has 0 saturated carbocycles. The Hall–Kier alpha value is -1.59. The fraction of sp³-hybridized carbons (Fsp3) is 0.143. The van der Waals surface area contributed by atoms with Gasteiger partial charge in [-0.15, -0.1) is 0 Å². The second-order valence-electron chi connectivity index (χ2n) is 4.29. The zero-order valence-corrected chi connectivity index (χ0v) is 10.9. The second kappa shape index (κ2) is 5.81. The summed E-state index contributed by atoms with van der Waals surface area (Å²) in [7, 11) is 0. The summed E-state index contributed by atoms with van der Waals surface area (Å²) in [4.78, 5) is 0. The van der Waals surface area contributed by atoms with Crippen LogP contribution in [0.25, 0.3) is 0 Å². The van der Waals surface area contributed by atoms with Crippen molar-refractivity contribution in [3.63, 3.8) is 0 Å². The summed E-state index contributed by atoms with van der Waals surface area (Å²) in [6.07, 6.45) is -0.203. The van der Waals surface area contributed by atoms with Crippen LogP contribution in [0.3, 0.4) is 0 Å². The van der Waals surface area contributed by atoms with Gasteiger partial charge in [-0.1, -0.05) is 17.7 Å². The molecule has 1 atom stereocenters. The molecule has 1 unspecified atom stereocenters. The molecule has 2 N–H and O–H groups in total. The Kier molecular flexibility index (Phi) is 4.30. The van der Waals surface area contributed by atoms with Crippen LogP contribution in [0.2, 0.25) is 5.02 Å². The van der Waals surface area contributed by atoms with E-state index >= 15 is 0 Å². The molecule has 0 aliphatic heterocycles. The van der Waals surface area contributed by atoms with E-state index in [1.807, 2.05) is 0 Å². The summed E-state index contributed by atoms with van der Waals surface area (Å²) < 4.78 is 53.6. The first kappa shape index (κ1) is 14.8. The van der Waals surface area contributed by atoms with Crippen LogP contribution >= 0.6 is 11.6 Å². The summed E-state index contributed by atoms with van der Waals surface area (Å²) >= 11 is 5.82. The summed E-state index contributed by atoms with van der Waals surface area (Å²) in [5, 5.41) is 0.114. The van der Waals surface area contributed by atoms with Crippen molar-refractivity contribution in [3.8, 4) is 0 Å². The van der Waals surface area contributed by atoms with Crippen molar-refractivity contribution in [1.29, 1.82) is 0 Å². The molecule has 2 rings (SSSR count). The average molecular weight is 304 g/mol. The van der Waals surface area contributed by atoms with Crippen molar-refractivity contribution in [2.45, 2.75) is 12.5 Å². The highest BCUT2D eigenvalue weighted by molar-refractivity contribution is 6.31. The molecule has 0 spiro atoms. The van der Waals surface area contributed by atoms with Gasteiger partial charge in [0.2, 0.25) is 0 Å². The number of nitrogens with two attached hydrogens (primary N) is 1. The average Bonchev–Trinajstić information content (AvgIpc) is 2.32. The van der Waals surface area contributed by atoms with Crippen molar-refractivity contribution in [1.82, 2.24) is 0 Å². The molecule has 0 saturated heterocycles. The van der Waals surface area contributed by atoms with Gasteiger partial charge in [0.1, 0.15) is 23.3 Å². The smallest absolute Gasteiger partial charge is 0.133 e. The van der Waals surface area contributed by atoms with Crippen molar-refractivity contribution < 1.29 is 17.6 Å². The lowest BCUT2D eigenvalue weighted by molar-refractivity contribution is 0.497. The van der Waals surface area contributed by atoms with Crippen molar-refractivity contribution in [2.75, 3.05) is 0 Å². The third-order valence-electron chi connectivity index (χ3n) is 2.90. The van der Waals surface area contributed by atoms with Gasteiger partial charge in [-0.05, 0) is 18.6 Å². The van der Waals surface area contributed by atoms with E-state index in [0.29, 0.717) is 12.1 Å². The molecule has 2 aromatic rings. The van der Waals surface area contributed by atoms with Gasteiger partial charge in [-0.3, -0.25) is 0 Å². The number of halogens is 5. The third kappa shape index (κ3) is 2.94. The number of rotatable bonds is 3. The molecule has 0 bridgehead atoms. The van der Waals surface area contributed by atoms with Crippen molar-refractivity contribution in [2.24, 2.45) is 5.73 Å². The van der Waals surface area contributed by atoms with Gasteiger partial charge in [0.25, 0.3) is 0 Å². The highest BCUT2D eigenvalue weighted by Crippen LogP contribution is 2.27. The maximum Gasteiger partial charge on any atom is 0.133 e. The van der Waals surface area contributed by atoms with E-state index in [4.69, 9.17) is 17.3 Å². The molecule has 106 valence electrons. The molecule has 6 heteroatoms. The molecule has 0 amide bonds. The highest BCUT2D eigenvalue weighted by Gasteiger charge is 2.21. The largest absolute Gasteiger partial charge is 0.323 e. The lowest BCUT2D eigenvalue weighted by Gasteiger charge is -2.15. The second-order valence-corrected chi connectivity index (χ2v) is 4.70. The monoisotopic (exact) mass is 303 g/mol. The molecule has 0 aliphatic carbocycles. The van der Waals surface area contributed by atoms with Crippen molar-refractivity contribution >= 4 is 11.6 Å². The quantitative estimate of drug-likeness (QED) is 0.847. The van der Waals surface area contributed by atoms with E-state index in [9.17, 15) is 17.6 Å². The van der Waals surface area contributed by atoms with E-state index in [1.54, 1.807) is 0 Å². The van der Waals surface area contributed by atoms with E-state index in [2.05, 4.69) is 0 Å². The number of hydrogen-bond donors (Lipinski definition) is 1. The summed E-state index contributed by atoms with van der Waals surface area (Å²) in [5.41, 5.74) is 5.25. The lowest BCUT2D eigenvalue weighted by atomic mass is 9.98. The van der Waals surface area contributed by atoms with Gasteiger partial charge >= 0.3 is 0 Å². The maximum atomic E-state index is 13.6. The molecule has 0 aromatic heterocycles. The molecule has 0 radical (unpaired) electrons. The number of benzene rings is 2. The predicted molar refractivity (Wildman–Crippen MR) is 68.4 cm³/mol. The fourth-order valence-electron chi connectivity index (χ4n) is 1.96. The molecule has 1 nitrogen and oxygen atoms in total. The standard InChI is InChI=1S/C14H10ClF4N/c15-9-2-1-3-10(17)8(9)6-13(20)14-11(18)4-7(16)5-12(14)19/h1-5,13H,6,20H2. The first-order valence-corrected chi connectivity index (χ1v) is 6.11. The van der Waals surface area contributed by atoms with E-state index in [0.717, 1.165) is 0 Å². The van der Waals surface area contributed by atoms with Crippen LogP contribution in [0.5, 0.6) is 0 Å². The Labute approximate surface area is 118 Å². The Morgan fingerprint density at radius 3 is 2.15 bits per heavy atom. The SMILES string of the molecule is NC(Cc1c(F)cccc1Cl)c1c(F)cc(F)cc1F. The molecular weight excluding hydrogens is 294 g/mol. The normalized spacial score (nSPS) is 12.5. The molecule has 2 aromatic carbocycles. The molecule has 0 fully saturated rings. The van der Waals surface area contributed by atoms with E-state index in [-0.39, 0.29) is 17.0 Å². The van der Waals surface area contributed by atoms with Crippen LogP contribution in [0.15, 0.2) is 30.3 Å². The minimum absolute atomic E-state index is 0.0600. The van der Waals surface area contributed by atoms with Gasteiger partial charge in [-0.25, -0.2) is 17.6 Å². The third-order valence-corrected chi connectivity index (χ3v) is 3.25. The van der Waals surface area contributed by atoms with Gasteiger partial charge in [0.05, 0.1) is 0 Å². The minimum Gasteiger partial charge on any atom is -0.323 e. The molecular formula is C14H10ClF4N. The molecule has 0 heterocycles. The molecule has 0 aliphatic rings. The Bertz CT molecular complexity index is 602. The Morgan fingerprint density at radius 2 is 1.60 bits per heavy atom. The number of hydrogen-bond acceptors (Lipinski definition) is 1. The minimum atomic E-state index is -1.18. The molecule has 20 heavy (non-hydrogen) atoms. The zero-order chi connectivity index (χ0) is 14.9. The van der Waals surface area contributed by atoms with E-state index in [1.165, 1.54) is 18.2 Å². The van der Waals surface area contributed by atoms with E-state index < -0.39 is 34.9 Å². The van der Waals surface area contributed by atoms with Gasteiger partial charge < -0.3 is 5.73 Å². The van der Waals surface area contributed by atoms with Crippen LogP contribution in [0.4, 0.5) is 17.6 Å². The summed E-state index contributed by atoms with van der Waals surface area (Å²) in [6.45, 7) is 0. The topological polar surface area (TPSA) is 26.0 Å². The van der Waals surface area contributed by atoms with Crippen LogP contribution in [0, 0.1) is 23.3 Å².